The fourth-order valence-corrected chi connectivity index (χ4v) is 2.07. The van der Waals surface area contributed by atoms with Crippen molar-refractivity contribution in [2.75, 3.05) is 5.32 Å². The van der Waals surface area contributed by atoms with Crippen molar-refractivity contribution in [2.24, 2.45) is 0 Å². The number of para-hydroxylation sites is 1. The van der Waals surface area contributed by atoms with Gasteiger partial charge in [-0.1, -0.05) is 23.7 Å². The molecule has 0 fully saturated rings. The summed E-state index contributed by atoms with van der Waals surface area (Å²) in [6.45, 7) is 1.39. The zero-order valence-corrected chi connectivity index (χ0v) is 12.3. The second-order valence-corrected chi connectivity index (χ2v) is 4.89. The van der Waals surface area contributed by atoms with E-state index in [4.69, 9.17) is 11.6 Å². The van der Waals surface area contributed by atoms with E-state index in [9.17, 15) is 19.7 Å². The van der Waals surface area contributed by atoms with Crippen LogP contribution >= 0.6 is 11.6 Å². The number of halogens is 1. The summed E-state index contributed by atoms with van der Waals surface area (Å²) in [6, 6.07) is 10.3. The van der Waals surface area contributed by atoms with Crippen LogP contribution in [-0.2, 0) is 0 Å². The summed E-state index contributed by atoms with van der Waals surface area (Å²) in [5, 5.41) is 13.4. The smallest absolute Gasteiger partial charge is 0.288 e. The van der Waals surface area contributed by atoms with E-state index >= 15 is 0 Å². The first-order valence-electron chi connectivity index (χ1n) is 6.25. The van der Waals surface area contributed by atoms with Crippen LogP contribution in [0.25, 0.3) is 0 Å². The predicted molar refractivity (Wildman–Crippen MR) is 82.5 cm³/mol. The summed E-state index contributed by atoms with van der Waals surface area (Å²) in [5.41, 5.74) is 0.431. The van der Waals surface area contributed by atoms with Crippen molar-refractivity contribution in [3.63, 3.8) is 0 Å². The summed E-state index contributed by atoms with van der Waals surface area (Å²) in [4.78, 5) is 33.9. The Morgan fingerprint density at radius 2 is 1.86 bits per heavy atom. The maximum atomic E-state index is 12.2. The number of anilines is 1. The molecule has 0 aliphatic carbocycles. The number of rotatable bonds is 4. The van der Waals surface area contributed by atoms with Crippen LogP contribution in [0.15, 0.2) is 42.5 Å². The fourth-order valence-electron chi connectivity index (χ4n) is 1.89. The standard InChI is InChI=1S/C15H11ClN2O4/c1-9(19)11-4-2-3-5-13(11)17-15(20)10-6-7-12(16)14(8-10)18(21)22/h2-8H,1H3,(H,17,20). The van der Waals surface area contributed by atoms with E-state index < -0.39 is 10.8 Å². The Morgan fingerprint density at radius 1 is 1.18 bits per heavy atom. The molecule has 6 nitrogen and oxygen atoms in total. The second-order valence-electron chi connectivity index (χ2n) is 4.48. The lowest BCUT2D eigenvalue weighted by molar-refractivity contribution is -0.384. The van der Waals surface area contributed by atoms with Gasteiger partial charge in [-0.15, -0.1) is 0 Å². The van der Waals surface area contributed by atoms with Gasteiger partial charge in [0.25, 0.3) is 11.6 Å². The van der Waals surface area contributed by atoms with Gasteiger partial charge in [0, 0.05) is 17.2 Å². The summed E-state index contributed by atoms with van der Waals surface area (Å²) in [6.07, 6.45) is 0. The SMILES string of the molecule is CC(=O)c1ccccc1NC(=O)c1ccc(Cl)c([N+](=O)[O-])c1. The van der Waals surface area contributed by atoms with E-state index in [2.05, 4.69) is 5.32 Å². The van der Waals surface area contributed by atoms with Crippen molar-refractivity contribution in [1.82, 2.24) is 0 Å². The third-order valence-corrected chi connectivity index (χ3v) is 3.28. The third kappa shape index (κ3) is 3.29. The quantitative estimate of drug-likeness (QED) is 0.528. The lowest BCUT2D eigenvalue weighted by Gasteiger charge is -2.09. The number of nitro benzene ring substituents is 1. The van der Waals surface area contributed by atoms with Crippen LogP contribution in [0.2, 0.25) is 5.02 Å². The Labute approximate surface area is 130 Å². The van der Waals surface area contributed by atoms with E-state index in [1.54, 1.807) is 24.3 Å². The molecule has 2 aromatic rings. The number of nitro groups is 1. The largest absolute Gasteiger partial charge is 0.321 e. The highest BCUT2D eigenvalue weighted by Crippen LogP contribution is 2.26. The first kappa shape index (κ1) is 15.7. The van der Waals surface area contributed by atoms with Crippen molar-refractivity contribution in [3.8, 4) is 0 Å². The number of hydrogen-bond acceptors (Lipinski definition) is 4. The molecule has 0 radical (unpaired) electrons. The highest BCUT2D eigenvalue weighted by Gasteiger charge is 2.17. The molecule has 2 rings (SSSR count). The number of ketones is 1. The molecule has 0 aliphatic heterocycles. The van der Waals surface area contributed by atoms with Crippen molar-refractivity contribution >= 4 is 34.7 Å². The molecule has 1 N–H and O–H groups in total. The van der Waals surface area contributed by atoms with Gasteiger partial charge in [-0.2, -0.15) is 0 Å². The number of amides is 1. The molecule has 2 aromatic carbocycles. The normalized spacial score (nSPS) is 10.1. The Morgan fingerprint density at radius 3 is 2.50 bits per heavy atom. The van der Waals surface area contributed by atoms with Gasteiger partial charge in [0.1, 0.15) is 5.02 Å². The Balaban J connectivity index is 2.33. The maximum absolute atomic E-state index is 12.2. The van der Waals surface area contributed by atoms with Crippen molar-refractivity contribution in [1.29, 1.82) is 0 Å². The first-order valence-corrected chi connectivity index (χ1v) is 6.63. The van der Waals surface area contributed by atoms with Crippen LogP contribution in [0, 0.1) is 10.1 Å². The lowest BCUT2D eigenvalue weighted by atomic mass is 10.1. The molecule has 0 unspecified atom stereocenters. The lowest BCUT2D eigenvalue weighted by Crippen LogP contribution is -2.14. The van der Waals surface area contributed by atoms with Gasteiger partial charge in [0.2, 0.25) is 0 Å². The van der Waals surface area contributed by atoms with Gasteiger partial charge in [-0.25, -0.2) is 0 Å². The number of carbonyl (C=O) groups is 2. The second kappa shape index (κ2) is 6.36. The van der Waals surface area contributed by atoms with Gasteiger partial charge in [0.05, 0.1) is 10.6 Å². The molecule has 0 saturated heterocycles. The van der Waals surface area contributed by atoms with Crippen molar-refractivity contribution in [3.05, 3.63) is 68.7 Å². The van der Waals surface area contributed by atoms with Crippen LogP contribution in [0.5, 0.6) is 0 Å². The summed E-state index contributed by atoms with van der Waals surface area (Å²) < 4.78 is 0. The number of benzene rings is 2. The molecule has 7 heteroatoms. The molecule has 0 saturated carbocycles. The van der Waals surface area contributed by atoms with Gasteiger partial charge >= 0.3 is 0 Å². The minimum atomic E-state index is -0.664. The van der Waals surface area contributed by atoms with Crippen molar-refractivity contribution in [2.45, 2.75) is 6.92 Å². The fraction of sp³-hybridized carbons (Fsp3) is 0.0667. The maximum Gasteiger partial charge on any atom is 0.288 e. The number of nitrogens with zero attached hydrogens (tertiary/aromatic N) is 1. The van der Waals surface area contributed by atoms with Gasteiger partial charge < -0.3 is 5.32 Å². The minimum Gasteiger partial charge on any atom is -0.321 e. The molecule has 1 amide bonds. The van der Waals surface area contributed by atoms with Crippen LogP contribution in [0.1, 0.15) is 27.6 Å². The average molecular weight is 319 g/mol. The Hall–Kier alpha value is -2.73. The van der Waals surface area contributed by atoms with Gasteiger partial charge in [-0.05, 0) is 31.2 Å². The van der Waals surface area contributed by atoms with Crippen molar-refractivity contribution < 1.29 is 14.5 Å². The van der Waals surface area contributed by atoms with E-state index in [1.807, 2.05) is 0 Å². The number of Topliss-reactive ketones (excluding diaryl/α,β-unsaturated/α-hetero) is 1. The molecule has 0 spiro atoms. The molecule has 0 atom stereocenters. The molecule has 22 heavy (non-hydrogen) atoms. The number of nitrogens with one attached hydrogen (secondary N) is 1. The summed E-state index contributed by atoms with van der Waals surface area (Å²) in [5.74, 6) is -0.758. The molecule has 0 bridgehead atoms. The van der Waals surface area contributed by atoms with E-state index in [1.165, 1.54) is 19.1 Å². The minimum absolute atomic E-state index is 0.0503. The number of hydrogen-bond donors (Lipinski definition) is 1. The third-order valence-electron chi connectivity index (χ3n) is 2.96. The zero-order valence-electron chi connectivity index (χ0n) is 11.5. The highest BCUT2D eigenvalue weighted by molar-refractivity contribution is 6.32. The topological polar surface area (TPSA) is 89.3 Å². The monoisotopic (exact) mass is 318 g/mol. The number of carbonyl (C=O) groups excluding carboxylic acids is 2. The van der Waals surface area contributed by atoms with Crippen LogP contribution in [0.3, 0.4) is 0 Å². The molecule has 0 aromatic heterocycles. The molecule has 112 valence electrons. The molecular weight excluding hydrogens is 308 g/mol. The molecular formula is C15H11ClN2O4. The van der Waals surface area contributed by atoms with Gasteiger partial charge in [0.15, 0.2) is 5.78 Å². The first-order chi connectivity index (χ1) is 10.4. The summed E-state index contributed by atoms with van der Waals surface area (Å²) >= 11 is 5.70. The Kier molecular flexibility index (Phi) is 4.53. The highest BCUT2D eigenvalue weighted by atomic mass is 35.5. The van der Waals surface area contributed by atoms with E-state index in [0.717, 1.165) is 6.07 Å². The van der Waals surface area contributed by atoms with Crippen LogP contribution in [-0.4, -0.2) is 16.6 Å². The molecule has 0 aliphatic rings. The average Bonchev–Trinajstić information content (AvgIpc) is 2.47. The van der Waals surface area contributed by atoms with Crippen LogP contribution in [0.4, 0.5) is 11.4 Å². The Bertz CT molecular complexity index is 774. The van der Waals surface area contributed by atoms with E-state index in [0.29, 0.717) is 11.3 Å². The van der Waals surface area contributed by atoms with E-state index in [-0.39, 0.29) is 22.1 Å². The van der Waals surface area contributed by atoms with Gasteiger partial charge in [-0.3, -0.25) is 19.7 Å². The molecule has 0 heterocycles. The summed E-state index contributed by atoms with van der Waals surface area (Å²) in [7, 11) is 0. The zero-order chi connectivity index (χ0) is 16.3. The van der Waals surface area contributed by atoms with Crippen LogP contribution < -0.4 is 5.32 Å². The predicted octanol–water partition coefficient (Wildman–Crippen LogP) is 3.70.